The topological polar surface area (TPSA) is 92.5 Å². The Bertz CT molecular complexity index is 686. The fourth-order valence-electron chi connectivity index (χ4n) is 2.75. The number of aromatic nitrogens is 3. The number of guanidine groups is 1. The van der Waals surface area contributed by atoms with Crippen LogP contribution in [-0.4, -0.2) is 70.7 Å². The zero-order valence-corrected chi connectivity index (χ0v) is 18.5. The average molecular weight is 484 g/mol. The molecule has 0 amide bonds. The predicted molar refractivity (Wildman–Crippen MR) is 110 cm³/mol. The van der Waals surface area contributed by atoms with Gasteiger partial charge in [0.2, 0.25) is 0 Å². The molecule has 1 aromatic heterocycles. The van der Waals surface area contributed by atoms with E-state index < -0.39 is 14.6 Å². The van der Waals surface area contributed by atoms with Crippen molar-refractivity contribution in [2.24, 2.45) is 4.99 Å². The fourth-order valence-corrected chi connectivity index (χ4v) is 4.12. The van der Waals surface area contributed by atoms with Gasteiger partial charge in [0.1, 0.15) is 12.2 Å². The maximum atomic E-state index is 12.2. The summed E-state index contributed by atoms with van der Waals surface area (Å²) < 4.78 is 25.6. The van der Waals surface area contributed by atoms with Crippen LogP contribution in [0.3, 0.4) is 0 Å². The maximum absolute atomic E-state index is 12.2. The van der Waals surface area contributed by atoms with Crippen molar-refractivity contribution in [3.05, 3.63) is 12.2 Å². The van der Waals surface area contributed by atoms with Gasteiger partial charge in [-0.05, 0) is 20.8 Å². The summed E-state index contributed by atoms with van der Waals surface area (Å²) in [4.78, 5) is 6.70. The molecule has 0 spiro atoms. The van der Waals surface area contributed by atoms with Crippen molar-refractivity contribution in [3.63, 3.8) is 0 Å². The van der Waals surface area contributed by atoms with Crippen LogP contribution < -0.4 is 5.32 Å². The van der Waals surface area contributed by atoms with E-state index in [0.29, 0.717) is 26.2 Å². The molecule has 1 N–H and O–H groups in total. The lowest BCUT2D eigenvalue weighted by Gasteiger charge is -2.39. The van der Waals surface area contributed by atoms with E-state index >= 15 is 0 Å². The van der Waals surface area contributed by atoms with E-state index in [1.807, 2.05) is 23.3 Å². The zero-order valence-electron chi connectivity index (χ0n) is 15.4. The second kappa shape index (κ2) is 9.15. The molecule has 2 rings (SSSR count). The molecule has 0 aliphatic carbocycles. The molecule has 25 heavy (non-hydrogen) atoms. The highest BCUT2D eigenvalue weighted by molar-refractivity contribution is 14.0. The lowest BCUT2D eigenvalue weighted by atomic mass is 10.2. The minimum atomic E-state index is -3.05. The van der Waals surface area contributed by atoms with Gasteiger partial charge in [0.15, 0.2) is 15.8 Å². The van der Waals surface area contributed by atoms with Crippen molar-refractivity contribution in [2.45, 2.75) is 45.4 Å². The highest BCUT2D eigenvalue weighted by Crippen LogP contribution is 2.23. The monoisotopic (exact) mass is 484 g/mol. The minimum Gasteiger partial charge on any atom is -0.357 e. The molecule has 2 heterocycles. The van der Waals surface area contributed by atoms with Gasteiger partial charge in [-0.25, -0.2) is 8.42 Å². The molecule has 0 unspecified atom stereocenters. The lowest BCUT2D eigenvalue weighted by molar-refractivity contribution is 0.353. The lowest BCUT2D eigenvalue weighted by Crippen LogP contribution is -2.57. The molecule has 0 aromatic carbocycles. The largest absolute Gasteiger partial charge is 0.357 e. The Morgan fingerprint density at radius 1 is 1.40 bits per heavy atom. The molecule has 1 saturated heterocycles. The van der Waals surface area contributed by atoms with Gasteiger partial charge in [0.25, 0.3) is 0 Å². The molecule has 144 valence electrons. The minimum absolute atomic E-state index is 0. The number of nitrogens with one attached hydrogen (secondary N) is 1. The van der Waals surface area contributed by atoms with E-state index in [4.69, 9.17) is 0 Å². The van der Waals surface area contributed by atoms with E-state index in [9.17, 15) is 8.42 Å². The van der Waals surface area contributed by atoms with Crippen LogP contribution in [0.4, 0.5) is 0 Å². The zero-order chi connectivity index (χ0) is 17.8. The summed E-state index contributed by atoms with van der Waals surface area (Å²) in [5, 5.41) is 11.3. The summed E-state index contributed by atoms with van der Waals surface area (Å²) in [7, 11) is -3.05. The number of hydrogen-bond acceptors (Lipinski definition) is 5. The number of halogens is 1. The molecule has 8 nitrogen and oxygen atoms in total. The number of sulfone groups is 1. The van der Waals surface area contributed by atoms with Gasteiger partial charge in [-0.2, -0.15) is 0 Å². The second-order valence-electron chi connectivity index (χ2n) is 6.53. The Hall–Kier alpha value is -0.910. The third kappa shape index (κ3) is 5.28. The Balaban J connectivity index is 0.00000312. The van der Waals surface area contributed by atoms with Gasteiger partial charge in [-0.1, -0.05) is 6.92 Å². The number of nitrogens with zero attached hydrogens (tertiary/aromatic N) is 5. The van der Waals surface area contributed by atoms with Crippen LogP contribution in [0.2, 0.25) is 0 Å². The van der Waals surface area contributed by atoms with E-state index in [1.54, 1.807) is 20.2 Å². The highest BCUT2D eigenvalue weighted by atomic mass is 127. The SMILES string of the molecule is CCNC(=NCCn1cnnc1CC)N1CCS(=O)(=O)C(C)(C)C1.I. The molecule has 1 aliphatic heterocycles. The standard InChI is InChI=1S/C15H28N6O2S.HI/c1-5-13-19-18-12-21(13)8-7-17-14(16-6-2)20-9-10-24(22,23)15(3,4)11-20;/h12H,5-11H2,1-4H3,(H,16,17);1H. The summed E-state index contributed by atoms with van der Waals surface area (Å²) >= 11 is 0. The Kier molecular flexibility index (Phi) is 8.10. The summed E-state index contributed by atoms with van der Waals surface area (Å²) in [6.07, 6.45) is 2.56. The molecule has 0 atom stereocenters. The predicted octanol–water partition coefficient (Wildman–Crippen LogP) is 0.933. The first kappa shape index (κ1) is 22.1. The van der Waals surface area contributed by atoms with Crippen LogP contribution in [0.1, 0.15) is 33.5 Å². The average Bonchev–Trinajstić information content (AvgIpc) is 2.97. The van der Waals surface area contributed by atoms with Gasteiger partial charge in [-0.3, -0.25) is 4.99 Å². The van der Waals surface area contributed by atoms with Crippen LogP contribution in [0.15, 0.2) is 11.3 Å². The summed E-state index contributed by atoms with van der Waals surface area (Å²) in [5.74, 6) is 1.88. The normalized spacial score (nSPS) is 19.4. The summed E-state index contributed by atoms with van der Waals surface area (Å²) in [6, 6.07) is 0. The quantitative estimate of drug-likeness (QED) is 0.380. The van der Waals surface area contributed by atoms with E-state index in [-0.39, 0.29) is 29.7 Å². The molecule has 10 heteroatoms. The van der Waals surface area contributed by atoms with E-state index in [1.165, 1.54) is 0 Å². The molecular formula is C15H29IN6O2S. The number of aliphatic imine (C=N–C) groups is 1. The molecule has 0 radical (unpaired) electrons. The van der Waals surface area contributed by atoms with Crippen molar-refractivity contribution < 1.29 is 8.42 Å². The van der Waals surface area contributed by atoms with Crippen molar-refractivity contribution in [2.75, 3.05) is 31.9 Å². The van der Waals surface area contributed by atoms with Gasteiger partial charge in [0.05, 0.1) is 17.0 Å². The number of aryl methyl sites for hydroxylation is 1. The summed E-state index contributed by atoms with van der Waals surface area (Å²) in [6.45, 7) is 10.6. The van der Waals surface area contributed by atoms with Crippen LogP contribution in [-0.2, 0) is 22.8 Å². The van der Waals surface area contributed by atoms with Crippen molar-refractivity contribution >= 4 is 39.8 Å². The number of hydrogen-bond donors (Lipinski definition) is 1. The van der Waals surface area contributed by atoms with Crippen LogP contribution in [0.25, 0.3) is 0 Å². The smallest absolute Gasteiger partial charge is 0.194 e. The van der Waals surface area contributed by atoms with Gasteiger partial charge in [0, 0.05) is 32.6 Å². The molecule has 1 aliphatic rings. The molecule has 1 aromatic rings. The molecule has 0 bridgehead atoms. The van der Waals surface area contributed by atoms with Crippen LogP contribution >= 0.6 is 24.0 Å². The third-order valence-electron chi connectivity index (χ3n) is 4.29. The second-order valence-corrected chi connectivity index (χ2v) is 9.27. The molecule has 0 saturated carbocycles. The van der Waals surface area contributed by atoms with Gasteiger partial charge in [-0.15, -0.1) is 34.2 Å². The Morgan fingerprint density at radius 3 is 2.72 bits per heavy atom. The van der Waals surface area contributed by atoms with Crippen molar-refractivity contribution in [1.29, 1.82) is 0 Å². The van der Waals surface area contributed by atoms with Gasteiger partial charge >= 0.3 is 0 Å². The number of rotatable bonds is 5. The van der Waals surface area contributed by atoms with E-state index in [0.717, 1.165) is 24.7 Å². The highest BCUT2D eigenvalue weighted by Gasteiger charge is 2.40. The van der Waals surface area contributed by atoms with Crippen LogP contribution in [0, 0.1) is 0 Å². The first-order valence-corrected chi connectivity index (χ1v) is 10.1. The van der Waals surface area contributed by atoms with E-state index in [2.05, 4.69) is 20.5 Å². The Morgan fingerprint density at radius 2 is 2.12 bits per heavy atom. The van der Waals surface area contributed by atoms with Crippen LogP contribution in [0.5, 0.6) is 0 Å². The molecule has 1 fully saturated rings. The fraction of sp³-hybridized carbons (Fsp3) is 0.800. The maximum Gasteiger partial charge on any atom is 0.194 e. The van der Waals surface area contributed by atoms with Crippen molar-refractivity contribution in [1.82, 2.24) is 25.0 Å². The van der Waals surface area contributed by atoms with Crippen molar-refractivity contribution in [3.8, 4) is 0 Å². The van der Waals surface area contributed by atoms with Gasteiger partial charge < -0.3 is 14.8 Å². The third-order valence-corrected chi connectivity index (χ3v) is 6.83. The first-order valence-electron chi connectivity index (χ1n) is 8.43. The Labute approximate surface area is 167 Å². The summed E-state index contributed by atoms with van der Waals surface area (Å²) in [5.41, 5.74) is 0. The molecular weight excluding hydrogens is 455 g/mol. The first-order chi connectivity index (χ1) is 11.3.